The molecule has 1 aromatic rings. The molecule has 0 aliphatic carbocycles. The summed E-state index contributed by atoms with van der Waals surface area (Å²) in [5.74, 6) is 1.33. The first-order valence-corrected chi connectivity index (χ1v) is 7.28. The summed E-state index contributed by atoms with van der Waals surface area (Å²) in [7, 11) is 0. The molecule has 2 heterocycles. The van der Waals surface area contributed by atoms with Gasteiger partial charge in [-0.15, -0.1) is 0 Å². The van der Waals surface area contributed by atoms with Gasteiger partial charge in [0, 0.05) is 32.4 Å². The Morgan fingerprint density at radius 3 is 3.11 bits per heavy atom. The molecule has 0 bridgehead atoms. The number of anilines is 1. The highest BCUT2D eigenvalue weighted by molar-refractivity contribution is 5.37. The number of piperidine rings is 1. The second-order valence-corrected chi connectivity index (χ2v) is 5.54. The number of hydrogen-bond acceptors (Lipinski definition) is 4. The normalized spacial score (nSPS) is 24.4. The van der Waals surface area contributed by atoms with E-state index in [9.17, 15) is 5.11 Å². The fourth-order valence-electron chi connectivity index (χ4n) is 2.54. The van der Waals surface area contributed by atoms with Gasteiger partial charge < -0.3 is 10.4 Å². The van der Waals surface area contributed by atoms with Crippen LogP contribution in [0, 0.1) is 5.92 Å². The molecular weight excluding hydrogens is 238 g/mol. The highest BCUT2D eigenvalue weighted by Gasteiger charge is 2.23. The van der Waals surface area contributed by atoms with Crippen LogP contribution in [0.1, 0.15) is 32.3 Å². The van der Waals surface area contributed by atoms with Crippen molar-refractivity contribution in [2.24, 2.45) is 5.92 Å². The summed E-state index contributed by atoms with van der Waals surface area (Å²) in [6.45, 7) is 8.13. The van der Waals surface area contributed by atoms with E-state index in [0.29, 0.717) is 5.92 Å². The molecule has 2 atom stereocenters. The van der Waals surface area contributed by atoms with Crippen LogP contribution in [0.2, 0.25) is 0 Å². The van der Waals surface area contributed by atoms with Crippen LogP contribution in [0.3, 0.4) is 0 Å². The first kappa shape index (κ1) is 14.3. The van der Waals surface area contributed by atoms with E-state index in [1.54, 1.807) is 0 Å². The zero-order chi connectivity index (χ0) is 13.7. The number of aromatic nitrogens is 1. The molecule has 0 saturated carbocycles. The molecule has 2 N–H and O–H groups in total. The molecule has 106 valence electrons. The first-order chi connectivity index (χ1) is 9.19. The van der Waals surface area contributed by atoms with Crippen molar-refractivity contribution in [2.45, 2.75) is 39.3 Å². The minimum absolute atomic E-state index is 0.129. The molecule has 1 aliphatic rings. The number of nitrogens with zero attached hydrogens (tertiary/aromatic N) is 2. The van der Waals surface area contributed by atoms with Gasteiger partial charge >= 0.3 is 0 Å². The SMILES string of the molecule is CCCNc1cc(CN2CCC(O)C(C)C2)ccn1. The van der Waals surface area contributed by atoms with Crippen molar-refractivity contribution in [3.05, 3.63) is 23.9 Å². The zero-order valence-corrected chi connectivity index (χ0v) is 12.0. The lowest BCUT2D eigenvalue weighted by Gasteiger charge is -2.34. The largest absolute Gasteiger partial charge is 0.393 e. The molecule has 1 saturated heterocycles. The molecule has 1 aliphatic heterocycles. The van der Waals surface area contributed by atoms with Gasteiger partial charge in [-0.2, -0.15) is 0 Å². The average molecular weight is 263 g/mol. The topological polar surface area (TPSA) is 48.4 Å². The minimum Gasteiger partial charge on any atom is -0.393 e. The van der Waals surface area contributed by atoms with Gasteiger partial charge in [-0.1, -0.05) is 13.8 Å². The molecule has 1 aromatic heterocycles. The third-order valence-electron chi connectivity index (χ3n) is 3.73. The van der Waals surface area contributed by atoms with Gasteiger partial charge in [0.1, 0.15) is 5.82 Å². The molecule has 2 unspecified atom stereocenters. The Morgan fingerprint density at radius 2 is 2.37 bits per heavy atom. The summed E-state index contributed by atoms with van der Waals surface area (Å²) in [4.78, 5) is 6.74. The number of aliphatic hydroxyl groups is 1. The molecule has 4 nitrogen and oxygen atoms in total. The molecule has 2 rings (SSSR count). The fraction of sp³-hybridized carbons (Fsp3) is 0.667. The summed E-state index contributed by atoms with van der Waals surface area (Å²) in [6.07, 6.45) is 3.73. The van der Waals surface area contributed by atoms with Crippen LogP contribution < -0.4 is 5.32 Å². The van der Waals surface area contributed by atoms with Crippen LogP contribution in [0.25, 0.3) is 0 Å². The maximum absolute atomic E-state index is 9.76. The van der Waals surface area contributed by atoms with Gasteiger partial charge in [0.2, 0.25) is 0 Å². The van der Waals surface area contributed by atoms with Gasteiger partial charge in [0.15, 0.2) is 0 Å². The molecule has 19 heavy (non-hydrogen) atoms. The van der Waals surface area contributed by atoms with Crippen molar-refractivity contribution in [1.29, 1.82) is 0 Å². The van der Waals surface area contributed by atoms with Crippen molar-refractivity contribution in [3.63, 3.8) is 0 Å². The summed E-state index contributed by atoms with van der Waals surface area (Å²) < 4.78 is 0. The van der Waals surface area contributed by atoms with Crippen LogP contribution in [-0.4, -0.2) is 40.7 Å². The van der Waals surface area contributed by atoms with Gasteiger partial charge in [-0.3, -0.25) is 4.90 Å². The number of aliphatic hydroxyl groups excluding tert-OH is 1. The molecule has 0 radical (unpaired) electrons. The quantitative estimate of drug-likeness (QED) is 0.854. The molecule has 0 aromatic carbocycles. The summed E-state index contributed by atoms with van der Waals surface area (Å²) in [5.41, 5.74) is 1.29. The Labute approximate surface area is 115 Å². The van der Waals surface area contributed by atoms with E-state index in [-0.39, 0.29) is 6.10 Å². The van der Waals surface area contributed by atoms with E-state index in [1.807, 2.05) is 6.20 Å². The second-order valence-electron chi connectivity index (χ2n) is 5.54. The number of pyridine rings is 1. The maximum atomic E-state index is 9.76. The van der Waals surface area contributed by atoms with E-state index in [0.717, 1.165) is 44.8 Å². The van der Waals surface area contributed by atoms with E-state index in [2.05, 4.69) is 41.2 Å². The first-order valence-electron chi connectivity index (χ1n) is 7.28. The lowest BCUT2D eigenvalue weighted by Crippen LogP contribution is -2.41. The predicted octanol–water partition coefficient (Wildman–Crippen LogP) is 2.11. The number of likely N-dealkylation sites (tertiary alicyclic amines) is 1. The number of hydrogen-bond donors (Lipinski definition) is 2. The van der Waals surface area contributed by atoms with Crippen molar-refractivity contribution in [2.75, 3.05) is 25.0 Å². The fourth-order valence-corrected chi connectivity index (χ4v) is 2.54. The molecule has 4 heteroatoms. The van der Waals surface area contributed by atoms with E-state index < -0.39 is 0 Å². The van der Waals surface area contributed by atoms with E-state index in [1.165, 1.54) is 5.56 Å². The smallest absolute Gasteiger partial charge is 0.126 e. The minimum atomic E-state index is -0.129. The number of rotatable bonds is 5. The molecule has 1 fully saturated rings. The van der Waals surface area contributed by atoms with Gasteiger partial charge in [0.05, 0.1) is 6.10 Å². The van der Waals surface area contributed by atoms with Crippen LogP contribution in [0.5, 0.6) is 0 Å². The van der Waals surface area contributed by atoms with Crippen LogP contribution in [0.15, 0.2) is 18.3 Å². The second kappa shape index (κ2) is 6.87. The highest BCUT2D eigenvalue weighted by Crippen LogP contribution is 2.19. The van der Waals surface area contributed by atoms with Crippen molar-refractivity contribution in [1.82, 2.24) is 9.88 Å². The highest BCUT2D eigenvalue weighted by atomic mass is 16.3. The Balaban J connectivity index is 1.91. The van der Waals surface area contributed by atoms with Crippen molar-refractivity contribution < 1.29 is 5.11 Å². The third kappa shape index (κ3) is 4.18. The van der Waals surface area contributed by atoms with Gasteiger partial charge in [-0.25, -0.2) is 4.98 Å². The lowest BCUT2D eigenvalue weighted by atomic mass is 9.96. The van der Waals surface area contributed by atoms with Crippen LogP contribution in [-0.2, 0) is 6.54 Å². The molecular formula is C15H25N3O. The molecule has 0 amide bonds. The van der Waals surface area contributed by atoms with Crippen LogP contribution in [0.4, 0.5) is 5.82 Å². The van der Waals surface area contributed by atoms with Gasteiger partial charge in [0.25, 0.3) is 0 Å². The number of nitrogens with one attached hydrogen (secondary N) is 1. The van der Waals surface area contributed by atoms with Crippen LogP contribution >= 0.6 is 0 Å². The average Bonchev–Trinajstić information content (AvgIpc) is 2.41. The van der Waals surface area contributed by atoms with Crippen molar-refractivity contribution >= 4 is 5.82 Å². The Hall–Kier alpha value is -1.13. The monoisotopic (exact) mass is 263 g/mol. The van der Waals surface area contributed by atoms with E-state index in [4.69, 9.17) is 0 Å². The maximum Gasteiger partial charge on any atom is 0.126 e. The van der Waals surface area contributed by atoms with E-state index >= 15 is 0 Å². The van der Waals surface area contributed by atoms with Crippen molar-refractivity contribution in [3.8, 4) is 0 Å². The Morgan fingerprint density at radius 1 is 1.53 bits per heavy atom. The predicted molar refractivity (Wildman–Crippen MR) is 78.1 cm³/mol. The summed E-state index contributed by atoms with van der Waals surface area (Å²) >= 11 is 0. The van der Waals surface area contributed by atoms with Gasteiger partial charge in [-0.05, 0) is 36.5 Å². The zero-order valence-electron chi connectivity index (χ0n) is 12.0. The Bertz CT molecular complexity index is 397. The lowest BCUT2D eigenvalue weighted by molar-refractivity contribution is 0.0320. The Kier molecular flexibility index (Phi) is 5.16. The summed E-state index contributed by atoms with van der Waals surface area (Å²) in [5, 5.41) is 13.1. The standard InChI is InChI=1S/C15H25N3O/c1-3-6-16-15-9-13(4-7-17-15)11-18-8-5-14(19)12(2)10-18/h4,7,9,12,14,19H,3,5-6,8,10-11H2,1-2H3,(H,16,17). The molecule has 0 spiro atoms. The summed E-state index contributed by atoms with van der Waals surface area (Å²) in [6, 6.07) is 4.21. The third-order valence-corrected chi connectivity index (χ3v) is 3.73.